The minimum Gasteiger partial charge on any atom is -0.493 e. The first-order valence-corrected chi connectivity index (χ1v) is 8.30. The van der Waals surface area contributed by atoms with E-state index in [-0.39, 0.29) is 12.5 Å². The average Bonchev–Trinajstić information content (AvgIpc) is 3.00. The highest BCUT2D eigenvalue weighted by molar-refractivity contribution is 5.90. The summed E-state index contributed by atoms with van der Waals surface area (Å²) in [5.74, 6) is 1.63. The summed E-state index contributed by atoms with van der Waals surface area (Å²) in [5, 5.41) is 6.46. The van der Waals surface area contributed by atoms with Crippen molar-refractivity contribution in [2.45, 2.75) is 27.3 Å². The molecule has 0 spiro atoms. The predicted octanol–water partition coefficient (Wildman–Crippen LogP) is 2.85. The van der Waals surface area contributed by atoms with Gasteiger partial charge in [0.05, 0.1) is 26.0 Å². The van der Waals surface area contributed by atoms with E-state index in [0.717, 1.165) is 23.6 Å². The Hall–Kier alpha value is -2.54. The molecule has 2 rings (SSSR count). The van der Waals surface area contributed by atoms with Gasteiger partial charge >= 0.3 is 0 Å². The van der Waals surface area contributed by atoms with E-state index in [2.05, 4.69) is 10.5 Å². The van der Waals surface area contributed by atoms with E-state index in [0.29, 0.717) is 24.8 Å². The van der Waals surface area contributed by atoms with Gasteiger partial charge in [-0.15, -0.1) is 0 Å². The van der Waals surface area contributed by atoms with Crippen LogP contribution in [0.4, 0.5) is 5.88 Å². The number of hydrogen-bond acceptors (Lipinski definition) is 6. The molecule has 0 aliphatic heterocycles. The Bertz CT molecular complexity index is 699. The number of amides is 1. The first-order chi connectivity index (χ1) is 12.0. The van der Waals surface area contributed by atoms with Crippen molar-refractivity contribution in [3.8, 4) is 11.5 Å². The molecule has 1 amide bonds. The number of aromatic nitrogens is 1. The van der Waals surface area contributed by atoms with E-state index in [4.69, 9.17) is 14.0 Å². The number of anilines is 1. The lowest BCUT2D eigenvalue weighted by atomic mass is 10.2. The quantitative estimate of drug-likeness (QED) is 0.752. The molecule has 25 heavy (non-hydrogen) atoms. The first-order valence-electron chi connectivity index (χ1n) is 8.30. The molecule has 0 radical (unpaired) electrons. The lowest BCUT2D eigenvalue weighted by Crippen LogP contribution is -2.32. The van der Waals surface area contributed by atoms with Crippen LogP contribution < -0.4 is 14.8 Å². The number of likely N-dealkylation sites (N-methyl/N-ethyl adjacent to an activating group) is 1. The van der Waals surface area contributed by atoms with Crippen LogP contribution in [0.3, 0.4) is 0 Å². The Morgan fingerprint density at radius 3 is 2.68 bits per heavy atom. The van der Waals surface area contributed by atoms with Gasteiger partial charge in [0.15, 0.2) is 11.5 Å². The van der Waals surface area contributed by atoms with E-state index < -0.39 is 0 Å². The number of carbonyl (C=O) groups excluding carboxylic acids is 1. The molecule has 0 aliphatic carbocycles. The van der Waals surface area contributed by atoms with Gasteiger partial charge in [0, 0.05) is 12.6 Å². The van der Waals surface area contributed by atoms with Gasteiger partial charge in [-0.25, -0.2) is 0 Å². The second-order valence-electron chi connectivity index (χ2n) is 5.60. The number of nitrogens with one attached hydrogen (secondary N) is 1. The first kappa shape index (κ1) is 18.8. The van der Waals surface area contributed by atoms with Crippen molar-refractivity contribution in [2.75, 3.05) is 32.1 Å². The second-order valence-corrected chi connectivity index (χ2v) is 5.60. The van der Waals surface area contributed by atoms with Crippen molar-refractivity contribution >= 4 is 11.8 Å². The van der Waals surface area contributed by atoms with E-state index in [1.165, 1.54) is 0 Å². The van der Waals surface area contributed by atoms with Crippen LogP contribution in [-0.4, -0.2) is 42.8 Å². The summed E-state index contributed by atoms with van der Waals surface area (Å²) in [4.78, 5) is 14.2. The van der Waals surface area contributed by atoms with Crippen LogP contribution in [0.15, 0.2) is 28.8 Å². The molecular weight excluding hydrogens is 322 g/mol. The maximum Gasteiger partial charge on any atom is 0.240 e. The number of rotatable bonds is 9. The molecule has 0 saturated heterocycles. The number of benzene rings is 1. The fraction of sp³-hybridized carbons (Fsp3) is 0.444. The monoisotopic (exact) mass is 347 g/mol. The molecule has 0 saturated carbocycles. The van der Waals surface area contributed by atoms with Gasteiger partial charge in [0.25, 0.3) is 0 Å². The lowest BCUT2D eigenvalue weighted by Gasteiger charge is -2.20. The van der Waals surface area contributed by atoms with Crippen molar-refractivity contribution in [2.24, 2.45) is 0 Å². The van der Waals surface area contributed by atoms with Crippen molar-refractivity contribution in [1.82, 2.24) is 10.1 Å². The summed E-state index contributed by atoms with van der Waals surface area (Å²) in [6.45, 7) is 7.94. The molecule has 7 heteroatoms. The molecule has 1 N–H and O–H groups in total. The average molecular weight is 347 g/mol. The third-order valence-electron chi connectivity index (χ3n) is 3.64. The zero-order chi connectivity index (χ0) is 18.2. The van der Waals surface area contributed by atoms with Crippen molar-refractivity contribution < 1.29 is 18.8 Å². The van der Waals surface area contributed by atoms with Crippen molar-refractivity contribution in [1.29, 1.82) is 0 Å². The normalized spacial score (nSPS) is 10.8. The number of methoxy groups -OCH3 is 1. The Labute approximate surface area is 147 Å². The smallest absolute Gasteiger partial charge is 0.240 e. The Kier molecular flexibility index (Phi) is 6.82. The predicted molar refractivity (Wildman–Crippen MR) is 95.0 cm³/mol. The topological polar surface area (TPSA) is 76.8 Å². The fourth-order valence-corrected chi connectivity index (χ4v) is 2.43. The van der Waals surface area contributed by atoms with Gasteiger partial charge in [-0.2, -0.15) is 0 Å². The van der Waals surface area contributed by atoms with E-state index >= 15 is 0 Å². The van der Waals surface area contributed by atoms with Crippen molar-refractivity contribution in [3.63, 3.8) is 0 Å². The zero-order valence-electron chi connectivity index (χ0n) is 15.2. The molecule has 136 valence electrons. The highest BCUT2D eigenvalue weighted by atomic mass is 16.5. The van der Waals surface area contributed by atoms with Crippen LogP contribution in [0.25, 0.3) is 0 Å². The minimum absolute atomic E-state index is 0.143. The number of aryl methyl sites for hydroxylation is 1. The molecule has 1 heterocycles. The van der Waals surface area contributed by atoms with Gasteiger partial charge in [-0.3, -0.25) is 15.0 Å². The van der Waals surface area contributed by atoms with Gasteiger partial charge in [-0.1, -0.05) is 18.1 Å². The third kappa shape index (κ3) is 5.49. The molecular formula is C18H25N3O4. The summed E-state index contributed by atoms with van der Waals surface area (Å²) in [6.07, 6.45) is 0. The maximum atomic E-state index is 12.2. The number of ether oxygens (including phenoxy) is 2. The Balaban J connectivity index is 1.97. The summed E-state index contributed by atoms with van der Waals surface area (Å²) in [5.41, 5.74) is 1.77. The van der Waals surface area contributed by atoms with Gasteiger partial charge < -0.3 is 14.0 Å². The maximum absolute atomic E-state index is 12.2. The molecule has 0 fully saturated rings. The highest BCUT2D eigenvalue weighted by Crippen LogP contribution is 2.28. The van der Waals surface area contributed by atoms with Gasteiger partial charge in [0.2, 0.25) is 11.8 Å². The molecule has 1 aromatic heterocycles. The van der Waals surface area contributed by atoms with E-state index in [1.54, 1.807) is 20.1 Å². The van der Waals surface area contributed by atoms with Crippen LogP contribution in [-0.2, 0) is 11.3 Å². The Morgan fingerprint density at radius 1 is 1.28 bits per heavy atom. The van der Waals surface area contributed by atoms with Crippen LogP contribution >= 0.6 is 0 Å². The Morgan fingerprint density at radius 2 is 2.08 bits per heavy atom. The largest absolute Gasteiger partial charge is 0.493 e. The molecule has 7 nitrogen and oxygen atoms in total. The van der Waals surface area contributed by atoms with Gasteiger partial charge in [-0.05, 0) is 38.1 Å². The molecule has 0 atom stereocenters. The zero-order valence-corrected chi connectivity index (χ0v) is 15.2. The van der Waals surface area contributed by atoms with Crippen LogP contribution in [0.5, 0.6) is 11.5 Å². The van der Waals surface area contributed by atoms with Gasteiger partial charge in [0.1, 0.15) is 0 Å². The van der Waals surface area contributed by atoms with Crippen molar-refractivity contribution in [3.05, 3.63) is 35.5 Å². The third-order valence-corrected chi connectivity index (χ3v) is 3.64. The number of carbonyl (C=O) groups is 1. The SMILES string of the molecule is CCOc1ccc(CN(CC)CC(=O)Nc2cc(C)no2)cc1OC. The number of hydrogen-bond donors (Lipinski definition) is 1. The van der Waals surface area contributed by atoms with E-state index in [1.807, 2.05) is 36.9 Å². The number of nitrogens with zero attached hydrogens (tertiary/aromatic N) is 2. The standard InChI is InChI=1S/C18H25N3O4/c1-5-21(12-17(22)19-18-9-13(3)20-25-18)11-14-7-8-15(24-6-2)16(10-14)23-4/h7-10H,5-6,11-12H2,1-4H3,(H,19,22). The summed E-state index contributed by atoms with van der Waals surface area (Å²) >= 11 is 0. The van der Waals surface area contributed by atoms with Crippen LogP contribution in [0, 0.1) is 6.92 Å². The summed E-state index contributed by atoms with van der Waals surface area (Å²) in [7, 11) is 1.62. The molecule has 2 aromatic rings. The molecule has 1 aromatic carbocycles. The fourth-order valence-electron chi connectivity index (χ4n) is 2.43. The van der Waals surface area contributed by atoms with E-state index in [9.17, 15) is 4.79 Å². The lowest BCUT2D eigenvalue weighted by molar-refractivity contribution is -0.117. The highest BCUT2D eigenvalue weighted by Gasteiger charge is 2.13. The van der Waals surface area contributed by atoms with Crippen LogP contribution in [0.1, 0.15) is 25.1 Å². The minimum atomic E-state index is -0.143. The summed E-state index contributed by atoms with van der Waals surface area (Å²) < 4.78 is 15.9. The van der Waals surface area contributed by atoms with Crippen LogP contribution in [0.2, 0.25) is 0 Å². The summed E-state index contributed by atoms with van der Waals surface area (Å²) in [6, 6.07) is 7.49. The molecule has 0 unspecified atom stereocenters. The molecule has 0 aliphatic rings. The molecule has 0 bridgehead atoms. The second kappa shape index (κ2) is 9.08.